The van der Waals surface area contributed by atoms with Crippen LogP contribution in [0.15, 0.2) is 35.4 Å². The molecule has 3 aromatic heterocycles. The lowest BCUT2D eigenvalue weighted by molar-refractivity contribution is 0.0346. The van der Waals surface area contributed by atoms with Crippen LogP contribution < -0.4 is 5.56 Å². The number of amides is 1. The van der Waals surface area contributed by atoms with Crippen LogP contribution in [0.5, 0.6) is 5.75 Å². The number of hydrogen-bond donors (Lipinski definition) is 1. The van der Waals surface area contributed by atoms with Crippen molar-refractivity contribution in [2.75, 3.05) is 59.5 Å². The highest BCUT2D eigenvalue weighted by molar-refractivity contribution is 7.17. The highest BCUT2D eigenvalue weighted by atomic mass is 32.1. The number of carbonyl (C=O) groups excluding carboxylic acids is 1. The van der Waals surface area contributed by atoms with Crippen molar-refractivity contribution >= 4 is 33.5 Å². The normalized spacial score (nSPS) is 17.1. The minimum atomic E-state index is -0.542. The van der Waals surface area contributed by atoms with Gasteiger partial charge in [0.2, 0.25) is 5.75 Å². The largest absolute Gasteiger partial charge is 0.501 e. The van der Waals surface area contributed by atoms with Crippen LogP contribution in [0.25, 0.3) is 15.7 Å². The summed E-state index contributed by atoms with van der Waals surface area (Å²) < 4.78 is 21.0. The molecule has 2 aliphatic rings. The van der Waals surface area contributed by atoms with Crippen LogP contribution in [0.4, 0.5) is 4.39 Å². The quantitative estimate of drug-likeness (QED) is 0.369. The summed E-state index contributed by atoms with van der Waals surface area (Å²) in [4.78, 5) is 43.7. The molecule has 1 aromatic carbocycles. The number of morpholine rings is 1. The number of likely N-dealkylation sites (N-methyl/N-ethyl adjacent to an activating group) is 1. The first-order valence-corrected chi connectivity index (χ1v) is 14.7. The number of fused-ring (bicyclic) bond motifs is 1. The van der Waals surface area contributed by atoms with Gasteiger partial charge in [-0.05, 0) is 24.7 Å². The highest BCUT2D eigenvalue weighted by Gasteiger charge is 2.24. The van der Waals surface area contributed by atoms with Crippen LogP contribution in [0.1, 0.15) is 25.7 Å². The monoisotopic (exact) mass is 584 g/mol. The Hall–Kier alpha value is -3.23. The van der Waals surface area contributed by atoms with E-state index in [0.29, 0.717) is 60.4 Å². The molecule has 0 bridgehead atoms. The number of piperazine rings is 1. The molecule has 0 saturated carbocycles. The summed E-state index contributed by atoms with van der Waals surface area (Å²) in [5.74, 6) is -1.10. The predicted octanol–water partition coefficient (Wildman–Crippen LogP) is 2.53. The summed E-state index contributed by atoms with van der Waals surface area (Å²) in [6.45, 7) is 6.43. The molecular weight excluding hydrogens is 555 g/mol. The average Bonchev–Trinajstić information content (AvgIpc) is 3.59. The molecule has 210 valence electrons. The molecular formula is C27H29FN6O4S2. The van der Waals surface area contributed by atoms with Crippen molar-refractivity contribution in [1.29, 1.82) is 0 Å². The Balaban J connectivity index is 1.25. The molecule has 5 heterocycles. The summed E-state index contributed by atoms with van der Waals surface area (Å²) in [5, 5.41) is 11.1. The van der Waals surface area contributed by atoms with Gasteiger partial charge in [-0.25, -0.2) is 14.4 Å². The summed E-state index contributed by atoms with van der Waals surface area (Å²) in [5.41, 5.74) is 0.624. The number of nitrogens with zero attached hydrogens (tertiary/aromatic N) is 6. The Bertz CT molecular complexity index is 1600. The smallest absolute Gasteiger partial charge is 0.301 e. The molecule has 10 nitrogen and oxygen atoms in total. The molecule has 13 heteroatoms. The van der Waals surface area contributed by atoms with Gasteiger partial charge in [0.1, 0.15) is 16.5 Å². The van der Waals surface area contributed by atoms with E-state index < -0.39 is 17.1 Å². The van der Waals surface area contributed by atoms with Gasteiger partial charge in [-0.3, -0.25) is 18.9 Å². The van der Waals surface area contributed by atoms with Gasteiger partial charge in [0.05, 0.1) is 13.2 Å². The van der Waals surface area contributed by atoms with Gasteiger partial charge in [-0.2, -0.15) is 0 Å². The molecule has 40 heavy (non-hydrogen) atoms. The fourth-order valence-electron chi connectivity index (χ4n) is 4.95. The fourth-order valence-corrected chi connectivity index (χ4v) is 6.88. The number of carbonyl (C=O) groups is 1. The van der Waals surface area contributed by atoms with Gasteiger partial charge in [-0.1, -0.05) is 17.4 Å². The summed E-state index contributed by atoms with van der Waals surface area (Å²) in [7, 11) is 2.01. The van der Waals surface area contributed by atoms with Crippen LogP contribution >= 0.6 is 22.7 Å². The Morgan fingerprint density at radius 3 is 2.65 bits per heavy atom. The zero-order valence-electron chi connectivity index (χ0n) is 22.0. The van der Waals surface area contributed by atoms with Crippen LogP contribution in [0, 0.1) is 5.82 Å². The van der Waals surface area contributed by atoms with E-state index in [4.69, 9.17) is 4.74 Å². The first-order chi connectivity index (χ1) is 19.4. The number of rotatable bonds is 6. The standard InChI is InChI=1S/C27H29FN6O4S2/c1-31-4-6-33(7-5-31)25(36)21-13-18(28)3-2-17(21)12-19-14-29-24(39-19)22-23(35)26(37)34-16-20(40-27(34)30-22)15-32-8-10-38-11-9-32/h2-3,13-14,16,35H,4-12,15H2,1H3. The van der Waals surface area contributed by atoms with Gasteiger partial charge in [0.25, 0.3) is 5.91 Å². The molecule has 1 amide bonds. The number of ether oxygens (including phenoxy) is 1. The first kappa shape index (κ1) is 27.0. The fraction of sp³-hybridized carbons (Fsp3) is 0.407. The zero-order chi connectivity index (χ0) is 27.8. The van der Waals surface area contributed by atoms with Gasteiger partial charge in [0.15, 0.2) is 4.96 Å². The molecule has 0 spiro atoms. The van der Waals surface area contributed by atoms with Crippen molar-refractivity contribution in [1.82, 2.24) is 29.1 Å². The van der Waals surface area contributed by atoms with E-state index in [1.165, 1.54) is 39.2 Å². The zero-order valence-corrected chi connectivity index (χ0v) is 23.6. The number of benzene rings is 1. The lowest BCUT2D eigenvalue weighted by Crippen LogP contribution is -2.47. The SMILES string of the molecule is CN1CCN(C(=O)c2cc(F)ccc2Cc2cnc(-c3nc4sc(CN5CCOCC5)cn4c(=O)c3O)s2)CC1. The molecule has 0 aliphatic carbocycles. The molecule has 0 unspecified atom stereocenters. The third-order valence-corrected chi connectivity index (χ3v) is 9.22. The Morgan fingerprint density at radius 2 is 1.88 bits per heavy atom. The van der Waals surface area contributed by atoms with E-state index in [9.17, 15) is 19.1 Å². The maximum Gasteiger partial charge on any atom is 0.301 e. The maximum atomic E-state index is 14.2. The second kappa shape index (κ2) is 11.3. The van der Waals surface area contributed by atoms with Crippen molar-refractivity contribution in [2.45, 2.75) is 13.0 Å². The number of aromatic hydroxyl groups is 1. The average molecular weight is 585 g/mol. The Morgan fingerprint density at radius 1 is 1.10 bits per heavy atom. The van der Waals surface area contributed by atoms with Crippen molar-refractivity contribution in [3.05, 3.63) is 67.6 Å². The summed E-state index contributed by atoms with van der Waals surface area (Å²) in [6, 6.07) is 4.28. The van der Waals surface area contributed by atoms with E-state index in [-0.39, 0.29) is 11.6 Å². The number of hydrogen-bond acceptors (Lipinski definition) is 10. The van der Waals surface area contributed by atoms with Crippen LogP contribution in [-0.2, 0) is 17.7 Å². The Kier molecular flexibility index (Phi) is 7.64. The van der Waals surface area contributed by atoms with Gasteiger partial charge < -0.3 is 19.6 Å². The lowest BCUT2D eigenvalue weighted by atomic mass is 10.0. The molecule has 2 fully saturated rings. The number of halogens is 1. The van der Waals surface area contributed by atoms with Gasteiger partial charge in [0, 0.05) is 79.9 Å². The molecule has 6 rings (SSSR count). The van der Waals surface area contributed by atoms with E-state index in [1.54, 1.807) is 23.4 Å². The second-order valence-electron chi connectivity index (χ2n) is 10.1. The van der Waals surface area contributed by atoms with Crippen molar-refractivity contribution in [2.24, 2.45) is 0 Å². The molecule has 4 aromatic rings. The van der Waals surface area contributed by atoms with Gasteiger partial charge in [-0.15, -0.1) is 11.3 Å². The van der Waals surface area contributed by atoms with E-state index in [0.717, 1.165) is 35.9 Å². The minimum Gasteiger partial charge on any atom is -0.501 e. The molecule has 1 N–H and O–H groups in total. The summed E-state index contributed by atoms with van der Waals surface area (Å²) in [6.07, 6.45) is 3.74. The van der Waals surface area contributed by atoms with E-state index in [1.807, 2.05) is 7.05 Å². The minimum absolute atomic E-state index is 0.133. The lowest BCUT2D eigenvalue weighted by Gasteiger charge is -2.32. The topological polar surface area (TPSA) is 104 Å². The van der Waals surface area contributed by atoms with Crippen LogP contribution in [0.2, 0.25) is 0 Å². The van der Waals surface area contributed by atoms with Crippen molar-refractivity contribution < 1.29 is 19.0 Å². The third kappa shape index (κ3) is 5.52. The molecule has 0 atom stereocenters. The van der Waals surface area contributed by atoms with Crippen LogP contribution in [0.3, 0.4) is 0 Å². The maximum absolute atomic E-state index is 14.2. The van der Waals surface area contributed by atoms with Crippen molar-refractivity contribution in [3.8, 4) is 16.5 Å². The van der Waals surface area contributed by atoms with Gasteiger partial charge >= 0.3 is 5.56 Å². The Labute approximate surface area is 237 Å². The molecule has 0 radical (unpaired) electrons. The number of thiazole rings is 2. The summed E-state index contributed by atoms with van der Waals surface area (Å²) >= 11 is 2.69. The second-order valence-corrected chi connectivity index (χ2v) is 12.3. The van der Waals surface area contributed by atoms with Crippen LogP contribution in [-0.4, -0.2) is 99.6 Å². The third-order valence-electron chi connectivity index (χ3n) is 7.25. The first-order valence-electron chi connectivity index (χ1n) is 13.1. The van der Waals surface area contributed by atoms with E-state index >= 15 is 0 Å². The molecule has 2 aliphatic heterocycles. The van der Waals surface area contributed by atoms with E-state index in [2.05, 4.69) is 19.8 Å². The predicted molar refractivity (Wildman–Crippen MR) is 151 cm³/mol. The van der Waals surface area contributed by atoms with Crippen molar-refractivity contribution in [3.63, 3.8) is 0 Å². The molecule has 2 saturated heterocycles. The highest BCUT2D eigenvalue weighted by Crippen LogP contribution is 2.32. The number of aromatic nitrogens is 3.